The first-order chi connectivity index (χ1) is 30.6. The minimum Gasteiger partial charge on any atom is -0.310 e. The summed E-state index contributed by atoms with van der Waals surface area (Å²) in [5, 5.41) is 2.65. The Balaban J connectivity index is 1.00. The summed E-state index contributed by atoms with van der Waals surface area (Å²) in [6.07, 6.45) is 0. The zero-order valence-electron chi connectivity index (χ0n) is 36.5. The quantitative estimate of drug-likeness (QED) is 0.155. The third kappa shape index (κ3) is 6.87. The topological polar surface area (TPSA) is 3.24 Å². The molecule has 0 fully saturated rings. The molecule has 9 aromatic carbocycles. The van der Waals surface area contributed by atoms with Crippen LogP contribution in [-0.2, 0) is 10.8 Å². The van der Waals surface area contributed by atoms with Crippen molar-refractivity contribution in [1.82, 2.24) is 0 Å². The summed E-state index contributed by atoms with van der Waals surface area (Å²) in [4.78, 5) is 2.43. The predicted octanol–water partition coefficient (Wildman–Crippen LogP) is 17.8. The fraction of sp³-hybridized carbons (Fsp3) is 0.115. The van der Waals surface area contributed by atoms with Crippen molar-refractivity contribution in [3.05, 3.63) is 223 Å². The fourth-order valence-corrected chi connectivity index (χ4v) is 10.9. The lowest BCUT2D eigenvalue weighted by atomic mass is 9.81. The van der Waals surface area contributed by atoms with Crippen molar-refractivity contribution in [2.24, 2.45) is 0 Å². The van der Waals surface area contributed by atoms with Crippen LogP contribution in [0.4, 0.5) is 17.1 Å². The molecule has 63 heavy (non-hydrogen) atoms. The van der Waals surface area contributed by atoms with Gasteiger partial charge in [-0.3, -0.25) is 0 Å². The van der Waals surface area contributed by atoms with E-state index in [0.29, 0.717) is 0 Å². The first kappa shape index (κ1) is 38.9. The maximum atomic E-state index is 2.44. The van der Waals surface area contributed by atoms with Gasteiger partial charge in [-0.2, -0.15) is 0 Å². The predicted molar refractivity (Wildman–Crippen MR) is 272 cm³/mol. The van der Waals surface area contributed by atoms with Crippen LogP contribution in [0.25, 0.3) is 75.8 Å². The normalized spacial score (nSPS) is 13.0. The minimum atomic E-state index is -0.128. The molecule has 0 saturated heterocycles. The fourth-order valence-electron chi connectivity index (χ4n) is 9.77. The Labute approximate surface area is 375 Å². The van der Waals surface area contributed by atoms with Crippen molar-refractivity contribution in [3.63, 3.8) is 0 Å². The number of fused-ring (bicyclic) bond motifs is 6. The lowest BCUT2D eigenvalue weighted by molar-refractivity contribution is 0.590. The number of hydrogen-bond donors (Lipinski definition) is 0. The Morgan fingerprint density at radius 1 is 0.381 bits per heavy atom. The number of anilines is 3. The molecule has 0 spiro atoms. The third-order valence-electron chi connectivity index (χ3n) is 13.3. The Bertz CT molecular complexity index is 3330. The summed E-state index contributed by atoms with van der Waals surface area (Å²) in [5.41, 5.74) is 19.8. The monoisotopic (exact) mass is 827 g/mol. The van der Waals surface area contributed by atoms with Gasteiger partial charge in [0.25, 0.3) is 0 Å². The van der Waals surface area contributed by atoms with E-state index in [0.717, 1.165) is 17.1 Å². The van der Waals surface area contributed by atoms with Crippen molar-refractivity contribution in [2.75, 3.05) is 4.90 Å². The van der Waals surface area contributed by atoms with Crippen molar-refractivity contribution < 1.29 is 0 Å². The smallest absolute Gasteiger partial charge is 0.0540 e. The lowest BCUT2D eigenvalue weighted by Crippen LogP contribution is -2.15. The molecular formula is C61H49NS. The van der Waals surface area contributed by atoms with Gasteiger partial charge in [0.15, 0.2) is 0 Å². The van der Waals surface area contributed by atoms with Crippen LogP contribution in [0.3, 0.4) is 0 Å². The van der Waals surface area contributed by atoms with Crippen LogP contribution >= 0.6 is 11.3 Å². The molecule has 0 amide bonds. The molecule has 1 aromatic heterocycles. The van der Waals surface area contributed by atoms with Gasteiger partial charge < -0.3 is 4.90 Å². The Kier molecular flexibility index (Phi) is 9.33. The molecule has 0 saturated carbocycles. The molecule has 0 unspecified atom stereocenters. The summed E-state index contributed by atoms with van der Waals surface area (Å²) >= 11 is 1.87. The number of benzene rings is 9. The van der Waals surface area contributed by atoms with E-state index in [1.54, 1.807) is 0 Å². The lowest BCUT2D eigenvalue weighted by Gasteiger charge is -2.29. The van der Waals surface area contributed by atoms with E-state index in [2.05, 4.69) is 246 Å². The number of rotatable bonds is 7. The van der Waals surface area contributed by atoms with Crippen LogP contribution in [0.5, 0.6) is 0 Å². The Morgan fingerprint density at radius 2 is 0.984 bits per heavy atom. The van der Waals surface area contributed by atoms with Crippen LogP contribution in [0.15, 0.2) is 206 Å². The zero-order valence-corrected chi connectivity index (χ0v) is 37.3. The van der Waals surface area contributed by atoms with E-state index in [1.165, 1.54) is 92.5 Å². The molecular weight excluding hydrogens is 779 g/mol. The average molecular weight is 828 g/mol. The van der Waals surface area contributed by atoms with Crippen LogP contribution in [0.1, 0.15) is 51.3 Å². The first-order valence-electron chi connectivity index (χ1n) is 22.1. The second kappa shape index (κ2) is 15.1. The molecule has 11 rings (SSSR count). The molecule has 2 heteroatoms. The standard InChI is InChI=1S/C61H49NS/c1-60(2,3)47-29-22-41(23-30-47)44-26-33-51-54-37-46(28-35-55(54)61(4,5)56(51)38-44)50-18-9-11-20-57(50)62(49-17-13-16-43(36-49)40-14-7-6-8-15-40)48-31-24-42(25-32-48)45-27-34-53-52-19-10-12-21-58(52)63-59(53)39-45/h6-39H,1-5H3. The Hall–Kier alpha value is -7.00. The van der Waals surface area contributed by atoms with E-state index < -0.39 is 0 Å². The Morgan fingerprint density at radius 3 is 1.78 bits per heavy atom. The van der Waals surface area contributed by atoms with Gasteiger partial charge in [-0.15, -0.1) is 11.3 Å². The summed E-state index contributed by atoms with van der Waals surface area (Å²) < 4.78 is 2.65. The van der Waals surface area contributed by atoms with E-state index in [-0.39, 0.29) is 10.8 Å². The molecule has 1 aliphatic carbocycles. The molecule has 0 bridgehead atoms. The van der Waals surface area contributed by atoms with Crippen LogP contribution < -0.4 is 4.90 Å². The number of thiophene rings is 1. The molecule has 1 aliphatic rings. The van der Waals surface area contributed by atoms with Gasteiger partial charge in [0.2, 0.25) is 0 Å². The van der Waals surface area contributed by atoms with Gasteiger partial charge in [0.1, 0.15) is 0 Å². The molecule has 304 valence electrons. The summed E-state index contributed by atoms with van der Waals surface area (Å²) in [7, 11) is 0. The van der Waals surface area contributed by atoms with Crippen molar-refractivity contribution in [3.8, 4) is 55.6 Å². The second-order valence-electron chi connectivity index (χ2n) is 18.6. The second-order valence-corrected chi connectivity index (χ2v) is 19.7. The van der Waals surface area contributed by atoms with Crippen LogP contribution in [0, 0.1) is 0 Å². The van der Waals surface area contributed by atoms with Gasteiger partial charge in [0, 0.05) is 42.5 Å². The molecule has 1 nitrogen and oxygen atoms in total. The van der Waals surface area contributed by atoms with Gasteiger partial charge >= 0.3 is 0 Å². The van der Waals surface area contributed by atoms with E-state index in [9.17, 15) is 0 Å². The highest BCUT2D eigenvalue weighted by molar-refractivity contribution is 7.25. The number of para-hydroxylation sites is 1. The largest absolute Gasteiger partial charge is 0.310 e. The van der Waals surface area contributed by atoms with Gasteiger partial charge in [-0.25, -0.2) is 0 Å². The summed E-state index contributed by atoms with van der Waals surface area (Å²) in [6.45, 7) is 11.6. The molecule has 0 aliphatic heterocycles. The van der Waals surface area contributed by atoms with E-state index in [4.69, 9.17) is 0 Å². The number of hydrogen-bond acceptors (Lipinski definition) is 2. The molecule has 1 heterocycles. The zero-order chi connectivity index (χ0) is 42.9. The SMILES string of the molecule is CC(C)(C)c1ccc(-c2ccc3c(c2)C(C)(C)c2ccc(-c4ccccc4N(c4ccc(-c5ccc6c(c5)sc5ccccc56)cc4)c4cccc(-c5ccccc5)c4)cc2-3)cc1. The van der Waals surface area contributed by atoms with Crippen molar-refractivity contribution >= 4 is 48.6 Å². The molecule has 0 radical (unpaired) electrons. The third-order valence-corrected chi connectivity index (χ3v) is 14.4. The highest BCUT2D eigenvalue weighted by Crippen LogP contribution is 2.52. The molecule has 0 N–H and O–H groups in total. The summed E-state index contributed by atoms with van der Waals surface area (Å²) in [5.74, 6) is 0. The maximum Gasteiger partial charge on any atom is 0.0540 e. The van der Waals surface area contributed by atoms with Gasteiger partial charge in [-0.05, 0) is 127 Å². The van der Waals surface area contributed by atoms with Crippen molar-refractivity contribution in [2.45, 2.75) is 45.4 Å². The molecule has 0 atom stereocenters. The summed E-state index contributed by atoms with van der Waals surface area (Å²) in [6, 6.07) is 76.7. The first-order valence-corrected chi connectivity index (χ1v) is 22.9. The minimum absolute atomic E-state index is 0.126. The maximum absolute atomic E-state index is 2.44. The van der Waals surface area contributed by atoms with Crippen molar-refractivity contribution in [1.29, 1.82) is 0 Å². The highest BCUT2D eigenvalue weighted by atomic mass is 32.1. The van der Waals surface area contributed by atoms with Crippen LogP contribution in [-0.4, -0.2) is 0 Å². The van der Waals surface area contributed by atoms with Crippen LogP contribution in [0.2, 0.25) is 0 Å². The molecule has 10 aromatic rings. The van der Waals surface area contributed by atoms with E-state index in [1.807, 2.05) is 11.3 Å². The average Bonchev–Trinajstić information content (AvgIpc) is 3.80. The number of nitrogens with zero attached hydrogens (tertiary/aromatic N) is 1. The van der Waals surface area contributed by atoms with Gasteiger partial charge in [0.05, 0.1) is 5.69 Å². The highest BCUT2D eigenvalue weighted by Gasteiger charge is 2.36. The van der Waals surface area contributed by atoms with E-state index >= 15 is 0 Å². The van der Waals surface area contributed by atoms with Gasteiger partial charge in [-0.1, -0.05) is 186 Å².